The Morgan fingerprint density at radius 1 is 1.42 bits per heavy atom. The molecule has 4 nitrogen and oxygen atoms in total. The van der Waals surface area contributed by atoms with E-state index in [1.165, 1.54) is 5.56 Å². The van der Waals surface area contributed by atoms with E-state index in [1.54, 1.807) is 30.5 Å². The molecule has 0 saturated heterocycles. The van der Waals surface area contributed by atoms with Crippen LogP contribution in [0.2, 0.25) is 5.02 Å². The molecule has 1 amide bonds. The number of carbonyl (C=O) groups is 1. The summed E-state index contributed by atoms with van der Waals surface area (Å²) in [5.74, 6) is 0.344. The smallest absolute Gasteiger partial charge is 0.271 e. The third-order valence-electron chi connectivity index (χ3n) is 2.69. The van der Waals surface area contributed by atoms with E-state index in [9.17, 15) is 4.79 Å². The zero-order valence-corrected chi connectivity index (χ0v) is 12.2. The molecule has 0 aliphatic heterocycles. The summed E-state index contributed by atoms with van der Waals surface area (Å²) >= 11 is 7.61. The molecular weight excluding hydrogens is 282 g/mol. The Morgan fingerprint density at radius 3 is 2.84 bits per heavy atom. The molecule has 0 unspecified atom stereocenters. The van der Waals surface area contributed by atoms with Crippen LogP contribution in [-0.4, -0.2) is 17.9 Å². The highest BCUT2D eigenvalue weighted by atomic mass is 35.5. The Morgan fingerprint density at radius 2 is 2.21 bits per heavy atom. The fourth-order valence-corrected chi connectivity index (χ4v) is 2.61. The first-order valence-corrected chi connectivity index (χ1v) is 7.03. The highest BCUT2D eigenvalue weighted by molar-refractivity contribution is 7.10. The van der Waals surface area contributed by atoms with Crippen molar-refractivity contribution in [2.24, 2.45) is 0 Å². The highest BCUT2D eigenvalue weighted by Gasteiger charge is 2.13. The van der Waals surface area contributed by atoms with Gasteiger partial charge in [-0.25, -0.2) is 4.98 Å². The lowest BCUT2D eigenvalue weighted by atomic mass is 10.3. The van der Waals surface area contributed by atoms with Gasteiger partial charge in [0.05, 0.1) is 11.6 Å². The quantitative estimate of drug-likeness (QED) is 0.911. The maximum atomic E-state index is 12.1. The predicted molar refractivity (Wildman–Crippen MR) is 79.0 cm³/mol. The van der Waals surface area contributed by atoms with E-state index >= 15 is 0 Å². The van der Waals surface area contributed by atoms with Gasteiger partial charge in [-0.15, -0.1) is 11.3 Å². The SMILES string of the molecule is CNc1ccc(Cl)c(C(=O)NCc2sccc2C)n1. The normalized spacial score (nSPS) is 10.3. The van der Waals surface area contributed by atoms with E-state index in [2.05, 4.69) is 15.6 Å². The number of nitrogens with one attached hydrogen (secondary N) is 2. The summed E-state index contributed by atoms with van der Waals surface area (Å²) in [6, 6.07) is 5.41. The van der Waals surface area contributed by atoms with E-state index in [0.29, 0.717) is 17.4 Å². The third-order valence-corrected chi connectivity index (χ3v) is 4.02. The van der Waals surface area contributed by atoms with Crippen LogP contribution in [-0.2, 0) is 6.54 Å². The average molecular weight is 296 g/mol. The van der Waals surface area contributed by atoms with Gasteiger partial charge in [0.15, 0.2) is 0 Å². The van der Waals surface area contributed by atoms with Crippen LogP contribution in [0.25, 0.3) is 0 Å². The lowest BCUT2D eigenvalue weighted by Crippen LogP contribution is -2.24. The Hall–Kier alpha value is -1.59. The summed E-state index contributed by atoms with van der Waals surface area (Å²) in [4.78, 5) is 17.4. The molecule has 0 radical (unpaired) electrons. The fraction of sp³-hybridized carbons (Fsp3) is 0.231. The summed E-state index contributed by atoms with van der Waals surface area (Å²) in [5.41, 5.74) is 1.41. The van der Waals surface area contributed by atoms with Crippen molar-refractivity contribution >= 4 is 34.7 Å². The number of aromatic nitrogens is 1. The monoisotopic (exact) mass is 295 g/mol. The van der Waals surface area contributed by atoms with E-state index < -0.39 is 0 Å². The molecule has 0 atom stereocenters. The van der Waals surface area contributed by atoms with Crippen LogP contribution in [0.1, 0.15) is 20.9 Å². The van der Waals surface area contributed by atoms with E-state index in [1.807, 2.05) is 18.4 Å². The largest absolute Gasteiger partial charge is 0.373 e. The summed E-state index contributed by atoms with van der Waals surface area (Å²) in [5, 5.41) is 8.06. The number of hydrogen-bond acceptors (Lipinski definition) is 4. The molecule has 6 heteroatoms. The Balaban J connectivity index is 2.10. The van der Waals surface area contributed by atoms with Crippen LogP contribution in [0.4, 0.5) is 5.82 Å². The van der Waals surface area contributed by atoms with Gasteiger partial charge < -0.3 is 10.6 Å². The number of nitrogens with zero attached hydrogens (tertiary/aromatic N) is 1. The van der Waals surface area contributed by atoms with Crippen LogP contribution in [0, 0.1) is 6.92 Å². The van der Waals surface area contributed by atoms with Crippen molar-refractivity contribution in [1.82, 2.24) is 10.3 Å². The second-order valence-corrected chi connectivity index (χ2v) is 5.39. The van der Waals surface area contributed by atoms with Crippen molar-refractivity contribution in [3.8, 4) is 0 Å². The predicted octanol–water partition coefficient (Wildman–Crippen LogP) is 3.08. The number of amides is 1. The minimum Gasteiger partial charge on any atom is -0.373 e. The number of thiophene rings is 1. The summed E-state index contributed by atoms with van der Waals surface area (Å²) in [6.45, 7) is 2.51. The number of hydrogen-bond donors (Lipinski definition) is 2. The minimum absolute atomic E-state index is 0.239. The molecular formula is C13H14ClN3OS. The number of anilines is 1. The number of carbonyl (C=O) groups excluding carboxylic acids is 1. The van der Waals surface area contributed by atoms with Gasteiger partial charge in [0.2, 0.25) is 0 Å². The topological polar surface area (TPSA) is 54.0 Å². The summed E-state index contributed by atoms with van der Waals surface area (Å²) in [7, 11) is 1.74. The summed E-state index contributed by atoms with van der Waals surface area (Å²) in [6.07, 6.45) is 0. The molecule has 0 saturated carbocycles. The van der Waals surface area contributed by atoms with Gasteiger partial charge in [0.1, 0.15) is 11.5 Å². The van der Waals surface area contributed by atoms with Crippen molar-refractivity contribution in [2.75, 3.05) is 12.4 Å². The van der Waals surface area contributed by atoms with Gasteiger partial charge in [-0.1, -0.05) is 11.6 Å². The molecule has 0 aliphatic carbocycles. The van der Waals surface area contributed by atoms with E-state index in [4.69, 9.17) is 11.6 Å². The molecule has 19 heavy (non-hydrogen) atoms. The molecule has 0 aliphatic rings. The second kappa shape index (κ2) is 6.04. The molecule has 0 spiro atoms. The zero-order valence-electron chi connectivity index (χ0n) is 10.7. The van der Waals surface area contributed by atoms with Gasteiger partial charge in [-0.3, -0.25) is 4.79 Å². The fourth-order valence-electron chi connectivity index (χ4n) is 1.57. The first-order valence-electron chi connectivity index (χ1n) is 5.77. The van der Waals surface area contributed by atoms with Gasteiger partial charge in [0, 0.05) is 11.9 Å². The molecule has 100 valence electrons. The van der Waals surface area contributed by atoms with Crippen molar-refractivity contribution in [2.45, 2.75) is 13.5 Å². The van der Waals surface area contributed by atoms with Crippen molar-refractivity contribution < 1.29 is 4.79 Å². The molecule has 2 heterocycles. The van der Waals surface area contributed by atoms with Crippen LogP contribution >= 0.6 is 22.9 Å². The molecule has 2 rings (SSSR count). The molecule has 2 aromatic rings. The van der Waals surface area contributed by atoms with Gasteiger partial charge in [-0.05, 0) is 36.1 Å². The first-order chi connectivity index (χ1) is 9.11. The minimum atomic E-state index is -0.269. The van der Waals surface area contributed by atoms with Crippen LogP contribution in [0.15, 0.2) is 23.6 Å². The molecule has 2 aromatic heterocycles. The molecule has 0 bridgehead atoms. The Kier molecular flexibility index (Phi) is 4.39. The lowest BCUT2D eigenvalue weighted by molar-refractivity contribution is 0.0946. The second-order valence-electron chi connectivity index (χ2n) is 3.99. The van der Waals surface area contributed by atoms with Crippen molar-refractivity contribution in [3.63, 3.8) is 0 Å². The number of halogens is 1. The number of aryl methyl sites for hydroxylation is 1. The van der Waals surface area contributed by atoms with Crippen LogP contribution < -0.4 is 10.6 Å². The average Bonchev–Trinajstić information content (AvgIpc) is 2.82. The van der Waals surface area contributed by atoms with E-state index in [0.717, 1.165) is 4.88 Å². The Labute approximate surface area is 120 Å². The standard InChI is InChI=1S/C13H14ClN3OS/c1-8-5-6-19-10(8)7-16-13(18)12-9(14)3-4-11(15-2)17-12/h3-6H,7H2,1-2H3,(H,15,17)(H,16,18). The number of pyridine rings is 1. The maximum absolute atomic E-state index is 12.1. The molecule has 0 aromatic carbocycles. The zero-order chi connectivity index (χ0) is 13.8. The van der Waals surface area contributed by atoms with Crippen LogP contribution in [0.3, 0.4) is 0 Å². The van der Waals surface area contributed by atoms with Gasteiger partial charge >= 0.3 is 0 Å². The first kappa shape index (κ1) is 13.8. The highest BCUT2D eigenvalue weighted by Crippen LogP contribution is 2.18. The summed E-state index contributed by atoms with van der Waals surface area (Å²) < 4.78 is 0. The number of rotatable bonds is 4. The van der Waals surface area contributed by atoms with Crippen LogP contribution in [0.5, 0.6) is 0 Å². The third kappa shape index (κ3) is 3.24. The van der Waals surface area contributed by atoms with Crippen molar-refractivity contribution in [3.05, 3.63) is 44.7 Å². The maximum Gasteiger partial charge on any atom is 0.271 e. The lowest BCUT2D eigenvalue weighted by Gasteiger charge is -2.07. The van der Waals surface area contributed by atoms with Gasteiger partial charge in [-0.2, -0.15) is 0 Å². The van der Waals surface area contributed by atoms with Gasteiger partial charge in [0.25, 0.3) is 5.91 Å². The molecule has 0 fully saturated rings. The Bertz CT molecular complexity index is 597. The van der Waals surface area contributed by atoms with E-state index in [-0.39, 0.29) is 11.6 Å². The van der Waals surface area contributed by atoms with Crippen molar-refractivity contribution in [1.29, 1.82) is 0 Å². The molecule has 2 N–H and O–H groups in total.